The van der Waals surface area contributed by atoms with Crippen LogP contribution in [0.1, 0.15) is 213 Å². The molecule has 464 valence electrons. The summed E-state index contributed by atoms with van der Waals surface area (Å²) in [6.07, 6.45) is 6.34. The number of fused-ring (bicyclic) bond motifs is 8. The Morgan fingerprint density at radius 3 is 0.977 bits per heavy atom. The topological polar surface area (TPSA) is 128 Å². The first-order valence-electron chi connectivity index (χ1n) is 31.8. The molecule has 11 nitrogen and oxygen atoms in total. The van der Waals surface area contributed by atoms with E-state index in [2.05, 4.69) is 208 Å². The number of ether oxygens (including phenoxy) is 5. The summed E-state index contributed by atoms with van der Waals surface area (Å²) in [6.45, 7) is 36.1. The van der Waals surface area contributed by atoms with Gasteiger partial charge in [-0.25, -0.2) is 9.59 Å². The molecule has 0 unspecified atom stereocenters. The molecule has 4 amide bonds. The maximum atomic E-state index is 12.6. The summed E-state index contributed by atoms with van der Waals surface area (Å²) in [5, 5.41) is 11.9. The molecular formula is C75H102N4O7. The zero-order valence-electron chi connectivity index (χ0n) is 54.7. The number of hydrogen-bond acceptors (Lipinski definition) is 7. The highest BCUT2D eigenvalue weighted by molar-refractivity contribution is 5.74. The van der Waals surface area contributed by atoms with Gasteiger partial charge in [-0.15, -0.1) is 0 Å². The minimum atomic E-state index is -0.226. The molecule has 7 rings (SSSR count). The highest BCUT2D eigenvalue weighted by Gasteiger charge is 2.29. The zero-order valence-corrected chi connectivity index (χ0v) is 54.7. The van der Waals surface area contributed by atoms with Crippen molar-refractivity contribution in [3.05, 3.63) is 187 Å². The molecule has 6 aromatic carbocycles. The minimum absolute atomic E-state index is 0.142. The highest BCUT2D eigenvalue weighted by Crippen LogP contribution is 2.44. The van der Waals surface area contributed by atoms with Crippen molar-refractivity contribution >= 4 is 12.1 Å². The van der Waals surface area contributed by atoms with Crippen molar-refractivity contribution < 1.29 is 33.3 Å². The Morgan fingerprint density at radius 2 is 0.663 bits per heavy atom. The molecule has 0 saturated carbocycles. The predicted molar refractivity (Wildman–Crippen MR) is 352 cm³/mol. The Balaban J connectivity index is 1.49. The van der Waals surface area contributed by atoms with Crippen LogP contribution in [0.2, 0.25) is 0 Å². The Kier molecular flexibility index (Phi) is 23.7. The first-order chi connectivity index (χ1) is 40.9. The Morgan fingerprint density at radius 1 is 0.384 bits per heavy atom. The molecule has 0 saturated heterocycles. The molecule has 0 spiro atoms. The summed E-state index contributed by atoms with van der Waals surface area (Å²) in [7, 11) is 0. The summed E-state index contributed by atoms with van der Waals surface area (Å²) in [5.41, 5.74) is 14.4. The van der Waals surface area contributed by atoms with Crippen LogP contribution in [0.15, 0.2) is 109 Å². The van der Waals surface area contributed by atoms with Gasteiger partial charge in [0.1, 0.15) is 36.2 Å². The van der Waals surface area contributed by atoms with Gasteiger partial charge >= 0.3 is 12.1 Å². The number of carbonyl (C=O) groups excluding carboxylic acids is 2. The third-order valence-electron chi connectivity index (χ3n) is 15.8. The third kappa shape index (κ3) is 19.5. The fourth-order valence-corrected chi connectivity index (χ4v) is 10.6. The number of urea groups is 2. The van der Waals surface area contributed by atoms with Gasteiger partial charge in [0.2, 0.25) is 0 Å². The van der Waals surface area contributed by atoms with Crippen molar-refractivity contribution in [2.24, 2.45) is 0 Å². The second-order valence-electron chi connectivity index (χ2n) is 27.5. The predicted octanol–water partition coefficient (Wildman–Crippen LogP) is 16.6. The van der Waals surface area contributed by atoms with E-state index in [1.165, 1.54) is 22.3 Å². The van der Waals surface area contributed by atoms with Crippen molar-refractivity contribution in [3.8, 4) is 23.0 Å². The number of rotatable bonds is 22. The highest BCUT2D eigenvalue weighted by atomic mass is 16.5. The lowest BCUT2D eigenvalue weighted by molar-refractivity contribution is 0.101. The Bertz CT molecular complexity index is 3160. The van der Waals surface area contributed by atoms with E-state index in [0.29, 0.717) is 71.9 Å². The standard InChI is InChI=1S/C75H102N4O7/c1-15-31-76-70(80)78-33-23-25-35-83-66-54-37-56-42-63(73(6,7)8)43-57(67(56)85-48-52-27-19-17-20-28-52)39-58-44-64(74(9,10)11)46-60(68(58)84-36-26-24-34-79-71(81)77-32-16-2)50-82-51-61-47-65(75(12,13)14)45-59(38-55(66)41-62(40-54)72(3,4)5)69(61)86-49-53-29-21-18-22-30-53/h17-22,27-30,40-47H,15-16,23-26,31-39,48-51H2,1-14H3,(H2,76,78,80)(H2,77,79,81). The summed E-state index contributed by atoms with van der Waals surface area (Å²) in [6, 6.07) is 39.3. The van der Waals surface area contributed by atoms with E-state index in [9.17, 15) is 9.59 Å². The van der Waals surface area contributed by atoms with Gasteiger partial charge in [0.15, 0.2) is 0 Å². The average Bonchev–Trinajstić information content (AvgIpc) is 3.27. The molecule has 0 radical (unpaired) electrons. The molecule has 1 aliphatic rings. The Labute approximate surface area is 516 Å². The molecule has 86 heavy (non-hydrogen) atoms. The fraction of sp³-hybridized carbons (Fsp3) is 0.493. The van der Waals surface area contributed by atoms with Gasteiger partial charge in [0.25, 0.3) is 0 Å². The lowest BCUT2D eigenvalue weighted by Crippen LogP contribution is -2.36. The van der Waals surface area contributed by atoms with Gasteiger partial charge < -0.3 is 45.0 Å². The van der Waals surface area contributed by atoms with Gasteiger partial charge in [-0.2, -0.15) is 0 Å². The van der Waals surface area contributed by atoms with Crippen LogP contribution in [0.5, 0.6) is 23.0 Å². The smallest absolute Gasteiger partial charge is 0.314 e. The number of unbranched alkanes of at least 4 members (excludes halogenated alkanes) is 2. The van der Waals surface area contributed by atoms with Crippen LogP contribution in [-0.4, -0.2) is 51.5 Å². The maximum Gasteiger partial charge on any atom is 0.314 e. The van der Waals surface area contributed by atoms with E-state index >= 15 is 0 Å². The molecule has 0 atom stereocenters. The van der Waals surface area contributed by atoms with Crippen LogP contribution in [0.4, 0.5) is 9.59 Å². The number of benzene rings is 6. The van der Waals surface area contributed by atoms with Crippen LogP contribution in [0.25, 0.3) is 0 Å². The van der Waals surface area contributed by atoms with Crippen LogP contribution in [0, 0.1) is 0 Å². The van der Waals surface area contributed by atoms with Crippen molar-refractivity contribution in [2.45, 2.75) is 203 Å². The van der Waals surface area contributed by atoms with E-state index < -0.39 is 0 Å². The van der Waals surface area contributed by atoms with E-state index in [-0.39, 0.29) is 46.9 Å². The average molecular weight is 1170 g/mol. The summed E-state index contributed by atoms with van der Waals surface area (Å²) >= 11 is 0. The molecule has 4 N–H and O–H groups in total. The summed E-state index contributed by atoms with van der Waals surface area (Å²) in [4.78, 5) is 25.1. The van der Waals surface area contributed by atoms with E-state index in [4.69, 9.17) is 23.7 Å². The molecular weight excluding hydrogens is 1070 g/mol. The molecule has 0 aromatic heterocycles. The largest absolute Gasteiger partial charge is 0.493 e. The van der Waals surface area contributed by atoms with E-state index in [0.717, 1.165) is 117 Å². The first-order valence-corrected chi connectivity index (χ1v) is 31.8. The number of nitrogens with one attached hydrogen (secondary N) is 4. The van der Waals surface area contributed by atoms with Crippen molar-refractivity contribution in [3.63, 3.8) is 0 Å². The van der Waals surface area contributed by atoms with Gasteiger partial charge in [-0.05, 0) is 139 Å². The van der Waals surface area contributed by atoms with Gasteiger partial charge in [0, 0.05) is 56.6 Å². The normalized spacial score (nSPS) is 13.0. The molecule has 0 aliphatic carbocycles. The second-order valence-corrected chi connectivity index (χ2v) is 27.5. The number of amides is 4. The third-order valence-corrected chi connectivity index (χ3v) is 15.8. The van der Waals surface area contributed by atoms with Gasteiger partial charge in [0.05, 0.1) is 26.4 Å². The van der Waals surface area contributed by atoms with Crippen molar-refractivity contribution in [1.82, 2.24) is 21.3 Å². The molecule has 1 heterocycles. The fourth-order valence-electron chi connectivity index (χ4n) is 10.6. The van der Waals surface area contributed by atoms with Crippen molar-refractivity contribution in [2.75, 3.05) is 39.4 Å². The summed E-state index contributed by atoms with van der Waals surface area (Å²) in [5.74, 6) is 3.32. The number of carbonyl (C=O) groups is 2. The SMILES string of the molecule is CCCNC(=O)NCCCCOc1c2cc(C(C)(C)C)cc1Cc1cc(C(C)(C)C)cc(c1OCc1ccccc1)Cc1cc(C(C)(C)C)cc(c1OCCCCNC(=O)NCCC)Cc1cc(C(C)(C)C)cc(c1OCc1ccccc1)COC2. The van der Waals surface area contributed by atoms with Crippen LogP contribution in [0.3, 0.4) is 0 Å². The molecule has 1 aliphatic heterocycles. The Hall–Kier alpha value is -6.98. The monoisotopic (exact) mass is 1170 g/mol. The summed E-state index contributed by atoms with van der Waals surface area (Å²) < 4.78 is 36.0. The lowest BCUT2D eigenvalue weighted by atomic mass is 9.80. The number of hydrogen-bond donors (Lipinski definition) is 4. The molecule has 8 bridgehead atoms. The molecule has 0 fully saturated rings. The van der Waals surface area contributed by atoms with E-state index in [1.54, 1.807) is 0 Å². The van der Waals surface area contributed by atoms with Crippen molar-refractivity contribution in [1.29, 1.82) is 0 Å². The van der Waals surface area contributed by atoms with Crippen LogP contribution < -0.4 is 40.2 Å². The first kappa shape index (κ1) is 66.5. The van der Waals surface area contributed by atoms with Crippen LogP contribution in [-0.2, 0) is 72.1 Å². The molecule has 6 aromatic rings. The second kappa shape index (κ2) is 30.6. The minimum Gasteiger partial charge on any atom is -0.493 e. The zero-order chi connectivity index (χ0) is 62.1. The van der Waals surface area contributed by atoms with Gasteiger partial charge in [-0.1, -0.05) is 194 Å². The van der Waals surface area contributed by atoms with Crippen LogP contribution >= 0.6 is 0 Å². The van der Waals surface area contributed by atoms with E-state index in [1.807, 2.05) is 19.1 Å². The van der Waals surface area contributed by atoms with Gasteiger partial charge in [-0.3, -0.25) is 0 Å². The quantitative estimate of drug-likeness (QED) is 0.0499. The molecule has 11 heteroatoms. The maximum absolute atomic E-state index is 12.6. The lowest BCUT2D eigenvalue weighted by Gasteiger charge is -2.29.